The van der Waals surface area contributed by atoms with Crippen molar-refractivity contribution in [3.05, 3.63) is 66.0 Å². The molecule has 0 aliphatic heterocycles. The Kier molecular flexibility index (Phi) is 15.4. The number of rotatable bonds is 9. The van der Waals surface area contributed by atoms with Gasteiger partial charge < -0.3 is 21.3 Å². The fraction of sp³-hybridized carbons (Fsp3) is 0.448. The molecular weight excluding hydrogens is 498 g/mol. The summed E-state index contributed by atoms with van der Waals surface area (Å²) in [4.78, 5) is 63.7. The van der Waals surface area contributed by atoms with Gasteiger partial charge in [-0.2, -0.15) is 0 Å². The van der Waals surface area contributed by atoms with Crippen molar-refractivity contribution in [2.75, 3.05) is 6.54 Å². The van der Waals surface area contributed by atoms with Crippen LogP contribution in [0.4, 0.5) is 0 Å². The SMILES string of the molecule is CC(NC(=O)[C@H](C)NC(=O)CNC(=O)c1ccncc1)C(=O)C(=O)NC1CCC1.CCC.Cc1ccccc1. The molecule has 1 heterocycles. The van der Waals surface area contributed by atoms with Crippen LogP contribution in [0.3, 0.4) is 0 Å². The van der Waals surface area contributed by atoms with E-state index >= 15 is 0 Å². The summed E-state index contributed by atoms with van der Waals surface area (Å²) < 4.78 is 0. The third-order valence-corrected chi connectivity index (χ3v) is 5.48. The number of aromatic nitrogens is 1. The Labute approximate surface area is 230 Å². The minimum Gasteiger partial charge on any atom is -0.347 e. The Morgan fingerprint density at radius 1 is 0.897 bits per heavy atom. The molecule has 1 unspecified atom stereocenters. The summed E-state index contributed by atoms with van der Waals surface area (Å²) in [5, 5.41) is 9.88. The van der Waals surface area contributed by atoms with Gasteiger partial charge in [-0.3, -0.25) is 29.0 Å². The number of hydrogen-bond donors (Lipinski definition) is 4. The first-order valence-electron chi connectivity index (χ1n) is 13.2. The topological polar surface area (TPSA) is 146 Å². The van der Waals surface area contributed by atoms with E-state index in [2.05, 4.69) is 59.2 Å². The maximum Gasteiger partial charge on any atom is 0.289 e. The van der Waals surface area contributed by atoms with Crippen molar-refractivity contribution >= 4 is 29.4 Å². The molecule has 4 N–H and O–H groups in total. The van der Waals surface area contributed by atoms with Crippen LogP contribution in [-0.4, -0.2) is 59.1 Å². The zero-order chi connectivity index (χ0) is 29.2. The fourth-order valence-electron chi connectivity index (χ4n) is 3.07. The molecule has 0 radical (unpaired) electrons. The number of nitrogens with zero attached hydrogens (tertiary/aromatic N) is 1. The van der Waals surface area contributed by atoms with Gasteiger partial charge >= 0.3 is 0 Å². The molecule has 1 aromatic heterocycles. The molecule has 0 bridgehead atoms. The Hall–Kier alpha value is -4.08. The first-order valence-corrected chi connectivity index (χ1v) is 13.2. The summed E-state index contributed by atoms with van der Waals surface area (Å²) in [6.45, 7) is 8.85. The normalized spacial score (nSPS) is 13.4. The van der Waals surface area contributed by atoms with E-state index < -0.39 is 41.5 Å². The standard InChI is InChI=1S/C19H25N5O5.C7H8.C3H8/c1-11(16(26)19(29)24-14-4-3-5-14)23-17(27)12(2)22-15(25)10-21-18(28)13-6-8-20-9-7-13;1-7-5-3-2-4-6-7;1-3-2/h6-9,11-12,14H,3-5,10H2,1-2H3,(H,21,28)(H,22,25)(H,23,27)(H,24,29);2-6H,1H3;3H2,1-2H3/t11?,12-;;/m0../s1. The Bertz CT molecular complexity index is 1060. The average Bonchev–Trinajstić information content (AvgIpc) is 2.90. The molecule has 1 aromatic carbocycles. The number of hydrogen-bond acceptors (Lipinski definition) is 6. The van der Waals surface area contributed by atoms with Crippen molar-refractivity contribution in [3.63, 3.8) is 0 Å². The second kappa shape index (κ2) is 18.2. The molecule has 1 aliphatic rings. The number of carbonyl (C=O) groups excluding carboxylic acids is 5. The van der Waals surface area contributed by atoms with Crippen LogP contribution in [0, 0.1) is 6.92 Å². The second-order valence-electron chi connectivity index (χ2n) is 9.27. The van der Waals surface area contributed by atoms with Gasteiger partial charge in [-0.25, -0.2) is 0 Å². The first kappa shape index (κ1) is 32.9. The zero-order valence-electron chi connectivity index (χ0n) is 23.5. The van der Waals surface area contributed by atoms with Crippen LogP contribution in [0.1, 0.15) is 69.3 Å². The smallest absolute Gasteiger partial charge is 0.289 e. The van der Waals surface area contributed by atoms with E-state index in [1.807, 2.05) is 18.2 Å². The Morgan fingerprint density at radius 2 is 1.49 bits per heavy atom. The van der Waals surface area contributed by atoms with Crippen molar-refractivity contribution < 1.29 is 24.0 Å². The predicted octanol–water partition coefficient (Wildman–Crippen LogP) is 2.47. The summed E-state index contributed by atoms with van der Waals surface area (Å²) in [6, 6.07) is 11.3. The number of carbonyl (C=O) groups is 5. The van der Waals surface area contributed by atoms with E-state index in [1.165, 1.54) is 50.4 Å². The lowest BCUT2D eigenvalue weighted by molar-refractivity contribution is -0.140. The number of nitrogens with one attached hydrogen (secondary N) is 4. The number of pyridine rings is 1. The number of Topliss-reactive ketones (excluding diaryl/α,β-unsaturated/α-hetero) is 1. The van der Waals surface area contributed by atoms with Gasteiger partial charge in [-0.05, 0) is 52.2 Å². The summed E-state index contributed by atoms with van der Waals surface area (Å²) in [5.41, 5.74) is 1.67. The monoisotopic (exact) mass is 539 g/mol. The molecular formula is C29H41N5O5. The molecule has 10 nitrogen and oxygen atoms in total. The van der Waals surface area contributed by atoms with Gasteiger partial charge in [0.1, 0.15) is 6.04 Å². The van der Waals surface area contributed by atoms with E-state index in [0.717, 1.165) is 19.3 Å². The summed E-state index contributed by atoms with van der Waals surface area (Å²) in [7, 11) is 0. The van der Waals surface area contributed by atoms with Crippen LogP contribution in [-0.2, 0) is 19.2 Å². The highest BCUT2D eigenvalue weighted by Crippen LogP contribution is 2.17. The highest BCUT2D eigenvalue weighted by molar-refractivity contribution is 6.38. The second-order valence-corrected chi connectivity index (χ2v) is 9.27. The quantitative estimate of drug-likeness (QED) is 0.360. The van der Waals surface area contributed by atoms with Gasteiger partial charge in [0.2, 0.25) is 17.6 Å². The minimum atomic E-state index is -1.02. The van der Waals surface area contributed by atoms with Gasteiger partial charge in [0.05, 0.1) is 12.6 Å². The summed E-state index contributed by atoms with van der Waals surface area (Å²) >= 11 is 0. The van der Waals surface area contributed by atoms with E-state index in [4.69, 9.17) is 0 Å². The molecule has 1 fully saturated rings. The van der Waals surface area contributed by atoms with Crippen LogP contribution >= 0.6 is 0 Å². The molecule has 39 heavy (non-hydrogen) atoms. The number of benzene rings is 1. The molecule has 2 atom stereocenters. The van der Waals surface area contributed by atoms with Crippen molar-refractivity contribution in [3.8, 4) is 0 Å². The fourth-order valence-corrected chi connectivity index (χ4v) is 3.07. The van der Waals surface area contributed by atoms with Crippen molar-refractivity contribution in [2.45, 2.75) is 78.4 Å². The largest absolute Gasteiger partial charge is 0.347 e. The van der Waals surface area contributed by atoms with Gasteiger partial charge in [-0.15, -0.1) is 0 Å². The maximum atomic E-state index is 12.2. The highest BCUT2D eigenvalue weighted by atomic mass is 16.2. The van der Waals surface area contributed by atoms with E-state index in [-0.39, 0.29) is 12.6 Å². The van der Waals surface area contributed by atoms with Gasteiger partial charge in [0.25, 0.3) is 11.8 Å². The number of ketones is 1. The highest BCUT2D eigenvalue weighted by Gasteiger charge is 2.28. The average molecular weight is 540 g/mol. The molecule has 0 spiro atoms. The Morgan fingerprint density at radius 3 is 1.97 bits per heavy atom. The number of aryl methyl sites for hydroxylation is 1. The lowest BCUT2D eigenvalue weighted by Crippen LogP contribution is -2.54. The summed E-state index contributed by atoms with van der Waals surface area (Å²) in [6.07, 6.45) is 6.87. The van der Waals surface area contributed by atoms with E-state index in [9.17, 15) is 24.0 Å². The van der Waals surface area contributed by atoms with Gasteiger partial charge in [0, 0.05) is 24.0 Å². The van der Waals surface area contributed by atoms with Gasteiger partial charge in [-0.1, -0.05) is 56.2 Å². The van der Waals surface area contributed by atoms with Crippen LogP contribution in [0.2, 0.25) is 0 Å². The van der Waals surface area contributed by atoms with Crippen LogP contribution < -0.4 is 21.3 Å². The molecule has 4 amide bonds. The Balaban J connectivity index is 0.000000638. The lowest BCUT2D eigenvalue weighted by atomic mass is 9.93. The minimum absolute atomic E-state index is 0.0231. The van der Waals surface area contributed by atoms with Crippen molar-refractivity contribution in [1.29, 1.82) is 0 Å². The molecule has 212 valence electrons. The summed E-state index contributed by atoms with van der Waals surface area (Å²) in [5.74, 6) is -3.10. The molecule has 3 rings (SSSR count). The first-order chi connectivity index (χ1) is 18.6. The molecule has 1 saturated carbocycles. The van der Waals surface area contributed by atoms with Gasteiger partial charge in [0.15, 0.2) is 0 Å². The van der Waals surface area contributed by atoms with Crippen molar-refractivity contribution in [2.24, 2.45) is 0 Å². The zero-order valence-corrected chi connectivity index (χ0v) is 23.5. The predicted molar refractivity (Wildman–Crippen MR) is 150 cm³/mol. The molecule has 10 heteroatoms. The van der Waals surface area contributed by atoms with Crippen molar-refractivity contribution in [1.82, 2.24) is 26.3 Å². The molecule has 0 saturated heterocycles. The number of amides is 4. The van der Waals surface area contributed by atoms with Crippen LogP contribution in [0.15, 0.2) is 54.9 Å². The molecule has 2 aromatic rings. The third kappa shape index (κ3) is 13.3. The lowest BCUT2D eigenvalue weighted by Gasteiger charge is -2.26. The third-order valence-electron chi connectivity index (χ3n) is 5.48. The van der Waals surface area contributed by atoms with E-state index in [0.29, 0.717) is 5.56 Å². The van der Waals surface area contributed by atoms with Crippen LogP contribution in [0.25, 0.3) is 0 Å². The maximum absolute atomic E-state index is 12.2. The molecule has 1 aliphatic carbocycles. The van der Waals surface area contributed by atoms with Crippen LogP contribution in [0.5, 0.6) is 0 Å². The van der Waals surface area contributed by atoms with E-state index in [1.54, 1.807) is 0 Å².